The zero-order chi connectivity index (χ0) is 7.71. The average Bonchev–Trinajstić information content (AvgIpc) is 1.14. The summed E-state index contributed by atoms with van der Waals surface area (Å²) < 4.78 is 39.0. The van der Waals surface area contributed by atoms with E-state index in [0.717, 1.165) is 0 Å². The van der Waals surface area contributed by atoms with Gasteiger partial charge in [-0.25, -0.2) is 4.57 Å². The zero-order valence-electron chi connectivity index (χ0n) is 3.83. The summed E-state index contributed by atoms with van der Waals surface area (Å²) in [5.41, 5.74) is 0. The van der Waals surface area contributed by atoms with Crippen LogP contribution in [-0.4, -0.2) is 75.4 Å². The molecule has 0 unspecified atom stereocenters. The predicted molar refractivity (Wildman–Crippen MR) is 40.4 cm³/mol. The molecule has 0 spiro atoms. The Labute approximate surface area is 101 Å². The molecule has 7 nitrogen and oxygen atoms in total. The summed E-state index contributed by atoms with van der Waals surface area (Å²) in [5, 5.41) is 0. The first kappa shape index (κ1) is 18.5. The van der Waals surface area contributed by atoms with Gasteiger partial charge in [0.25, 0.3) is 0 Å². The van der Waals surface area contributed by atoms with Crippen molar-refractivity contribution in [2.24, 2.45) is 0 Å². The monoisotopic (exact) mass is 228 g/mol. The van der Waals surface area contributed by atoms with Crippen LogP contribution >= 0.6 is 7.82 Å². The number of hydrogen-bond acceptors (Lipinski definition) is 4. The standard InChI is InChI=1S/Mg.Na.H3O7PS.3H/c;;1-8(2,3)7-9(4,5)6;;;/h;;(H2,1,2,3)(H,4,5,6);;;. The second kappa shape index (κ2) is 6.27. The molecule has 0 aliphatic carbocycles. The van der Waals surface area contributed by atoms with Crippen LogP contribution in [0.1, 0.15) is 0 Å². The van der Waals surface area contributed by atoms with Gasteiger partial charge in [0.1, 0.15) is 0 Å². The van der Waals surface area contributed by atoms with Crippen LogP contribution in [0.25, 0.3) is 0 Å². The minimum atomic E-state index is -5.13. The number of rotatable bonds is 2. The Morgan fingerprint density at radius 2 is 1.55 bits per heavy atom. The van der Waals surface area contributed by atoms with E-state index in [0.29, 0.717) is 0 Å². The normalized spacial score (nSPS) is 11.2. The SMILES string of the molecule is O=P(O)(O)OS(=O)(=O)O.[MgH2].[NaH]. The molecule has 3 N–H and O–H groups in total. The molecule has 0 atom stereocenters. The van der Waals surface area contributed by atoms with Crippen molar-refractivity contribution in [3.8, 4) is 0 Å². The van der Waals surface area contributed by atoms with E-state index < -0.39 is 18.2 Å². The molecule has 0 aromatic carbocycles. The van der Waals surface area contributed by atoms with Gasteiger partial charge in [-0.05, 0) is 0 Å². The molecule has 0 saturated heterocycles. The predicted octanol–water partition coefficient (Wildman–Crippen LogP) is -2.67. The summed E-state index contributed by atoms with van der Waals surface area (Å²) in [6.45, 7) is 0. The van der Waals surface area contributed by atoms with Gasteiger partial charge in [-0.3, -0.25) is 4.55 Å². The fourth-order valence-corrected chi connectivity index (χ4v) is 1.10. The summed E-state index contributed by atoms with van der Waals surface area (Å²) in [5.74, 6) is 0. The maximum atomic E-state index is 9.58. The van der Waals surface area contributed by atoms with Crippen LogP contribution in [0, 0.1) is 0 Å². The quantitative estimate of drug-likeness (QED) is 0.268. The third-order valence-electron chi connectivity index (χ3n) is 0.191. The van der Waals surface area contributed by atoms with Crippen molar-refractivity contribution >= 4 is 70.8 Å². The van der Waals surface area contributed by atoms with E-state index in [9.17, 15) is 13.0 Å². The van der Waals surface area contributed by atoms with E-state index in [-0.39, 0.29) is 52.6 Å². The molecule has 0 amide bonds. The van der Waals surface area contributed by atoms with Gasteiger partial charge in [0.15, 0.2) is 0 Å². The summed E-state index contributed by atoms with van der Waals surface area (Å²) >= 11 is 0. The molecule has 0 fully saturated rings. The van der Waals surface area contributed by atoms with Crippen molar-refractivity contribution in [2.75, 3.05) is 0 Å². The van der Waals surface area contributed by atoms with Gasteiger partial charge in [0.05, 0.1) is 0 Å². The fraction of sp³-hybridized carbons (Fsp3) is 0. The van der Waals surface area contributed by atoms with Crippen LogP contribution in [0.3, 0.4) is 0 Å². The Morgan fingerprint density at radius 1 is 1.27 bits per heavy atom. The van der Waals surface area contributed by atoms with Crippen LogP contribution in [0.4, 0.5) is 0 Å². The Bertz CT molecular complexity index is 225. The van der Waals surface area contributed by atoms with Gasteiger partial charge < -0.3 is 9.79 Å². The molecule has 0 aromatic rings. The maximum absolute atomic E-state index is 9.58. The van der Waals surface area contributed by atoms with Gasteiger partial charge in [-0.2, -0.15) is 8.42 Å². The fourth-order valence-electron chi connectivity index (χ4n) is 0.123. The van der Waals surface area contributed by atoms with Crippen molar-refractivity contribution in [1.82, 2.24) is 0 Å². The van der Waals surface area contributed by atoms with Crippen molar-refractivity contribution in [2.45, 2.75) is 0 Å². The minimum absolute atomic E-state index is 0. The number of phosphoric acid groups is 1. The average molecular weight is 228 g/mol. The van der Waals surface area contributed by atoms with Crippen molar-refractivity contribution in [1.29, 1.82) is 0 Å². The first-order valence-electron chi connectivity index (χ1n) is 1.45. The van der Waals surface area contributed by atoms with E-state index in [1.165, 1.54) is 0 Å². The molecule has 0 aromatic heterocycles. The van der Waals surface area contributed by atoms with E-state index in [1.807, 2.05) is 0 Å². The molecule has 11 heteroatoms. The summed E-state index contributed by atoms with van der Waals surface area (Å²) in [6.07, 6.45) is 0. The summed E-state index contributed by atoms with van der Waals surface area (Å²) in [4.78, 5) is 15.4. The molecular weight excluding hydrogens is 222 g/mol. The van der Waals surface area contributed by atoms with E-state index >= 15 is 0 Å². The molecule has 0 heterocycles. The van der Waals surface area contributed by atoms with E-state index in [1.54, 1.807) is 0 Å². The van der Waals surface area contributed by atoms with Gasteiger partial charge in [0, 0.05) is 0 Å². The van der Waals surface area contributed by atoms with Crippen LogP contribution in [-0.2, 0) is 18.9 Å². The topological polar surface area (TPSA) is 121 Å². The molecule has 11 heavy (non-hydrogen) atoms. The summed E-state index contributed by atoms with van der Waals surface area (Å²) in [6, 6.07) is 0. The molecule has 0 rings (SSSR count). The van der Waals surface area contributed by atoms with Crippen molar-refractivity contribution in [3.05, 3.63) is 0 Å². The van der Waals surface area contributed by atoms with Crippen LogP contribution in [0.5, 0.6) is 0 Å². The Morgan fingerprint density at radius 3 is 1.55 bits per heavy atom. The molecule has 62 valence electrons. The molecule has 0 aliphatic rings. The zero-order valence-corrected chi connectivity index (χ0v) is 5.54. The van der Waals surface area contributed by atoms with Crippen molar-refractivity contribution in [3.63, 3.8) is 0 Å². The van der Waals surface area contributed by atoms with Gasteiger partial charge >= 0.3 is 70.8 Å². The van der Waals surface area contributed by atoms with Gasteiger partial charge in [-0.1, -0.05) is 0 Å². The Balaban J connectivity index is -0.000000320. The van der Waals surface area contributed by atoms with E-state index in [4.69, 9.17) is 14.3 Å². The van der Waals surface area contributed by atoms with Crippen LogP contribution in [0.15, 0.2) is 0 Å². The van der Waals surface area contributed by atoms with E-state index in [2.05, 4.69) is 3.97 Å². The number of hydrogen-bond donors (Lipinski definition) is 3. The molecule has 0 bridgehead atoms. The third kappa shape index (κ3) is 18.6. The van der Waals surface area contributed by atoms with Crippen molar-refractivity contribution < 1.29 is 31.3 Å². The Hall–Kier alpha value is 1.79. The third-order valence-corrected chi connectivity index (χ3v) is 1.72. The molecule has 0 saturated carbocycles. The van der Waals surface area contributed by atoms with Gasteiger partial charge in [0.2, 0.25) is 0 Å². The second-order valence-corrected chi connectivity index (χ2v) is 3.43. The van der Waals surface area contributed by atoms with Crippen LogP contribution < -0.4 is 0 Å². The van der Waals surface area contributed by atoms with Gasteiger partial charge in [-0.15, -0.1) is 3.97 Å². The Kier molecular flexibility index (Phi) is 10.6. The van der Waals surface area contributed by atoms with Crippen LogP contribution in [0.2, 0.25) is 0 Å². The second-order valence-electron chi connectivity index (χ2n) is 0.993. The molecule has 0 radical (unpaired) electrons. The first-order valence-corrected chi connectivity index (χ1v) is 4.34. The molecular formula is H6MgNaO7PS. The molecule has 0 aliphatic heterocycles. The first-order chi connectivity index (χ1) is 3.71. The summed E-state index contributed by atoms with van der Waals surface area (Å²) in [7, 11) is -10.2.